The predicted molar refractivity (Wildman–Crippen MR) is 101 cm³/mol. The lowest BCUT2D eigenvalue weighted by Crippen LogP contribution is -2.50. The highest BCUT2D eigenvalue weighted by molar-refractivity contribution is 5.93. The lowest BCUT2D eigenvalue weighted by atomic mass is 9.88. The minimum atomic E-state index is -0.862. The highest BCUT2D eigenvalue weighted by Crippen LogP contribution is 2.46. The number of fused-ring (bicyclic) bond motifs is 1. The van der Waals surface area contributed by atoms with Crippen molar-refractivity contribution in [1.29, 1.82) is 0 Å². The van der Waals surface area contributed by atoms with Crippen LogP contribution in [0, 0.1) is 23.7 Å². The van der Waals surface area contributed by atoms with Crippen molar-refractivity contribution < 1.29 is 28.5 Å². The molecule has 2 rings (SSSR count). The molecule has 2 heterocycles. The average molecular weight is 380 g/mol. The van der Waals surface area contributed by atoms with Crippen LogP contribution in [0.25, 0.3) is 0 Å². The van der Waals surface area contributed by atoms with E-state index in [0.29, 0.717) is 24.4 Å². The summed E-state index contributed by atoms with van der Waals surface area (Å²) in [5.41, 5.74) is 1.01. The van der Waals surface area contributed by atoms with E-state index in [1.165, 1.54) is 13.8 Å². The maximum Gasteiger partial charge on any atom is 0.177 e. The van der Waals surface area contributed by atoms with Crippen molar-refractivity contribution in [2.45, 2.75) is 59.9 Å². The third kappa shape index (κ3) is 4.57. The number of hydrogen-bond donors (Lipinski definition) is 0. The second-order valence-corrected chi connectivity index (χ2v) is 7.97. The van der Waals surface area contributed by atoms with E-state index in [9.17, 15) is 9.59 Å². The van der Waals surface area contributed by atoms with Crippen molar-refractivity contribution in [2.24, 2.45) is 23.7 Å². The van der Waals surface area contributed by atoms with Gasteiger partial charge in [0.2, 0.25) is 0 Å². The van der Waals surface area contributed by atoms with Gasteiger partial charge in [-0.05, 0) is 31.9 Å². The van der Waals surface area contributed by atoms with E-state index in [4.69, 9.17) is 18.9 Å². The normalized spacial score (nSPS) is 35.2. The van der Waals surface area contributed by atoms with Gasteiger partial charge in [0.05, 0.1) is 13.2 Å². The van der Waals surface area contributed by atoms with Crippen molar-refractivity contribution in [1.82, 2.24) is 0 Å². The number of carbonyl (C=O) groups is 2. The Morgan fingerprint density at radius 2 is 1.74 bits per heavy atom. The van der Waals surface area contributed by atoms with Crippen molar-refractivity contribution >= 4 is 11.6 Å². The molecular formula is C21H32O6. The van der Waals surface area contributed by atoms with Crippen molar-refractivity contribution in [3.8, 4) is 0 Å². The first-order chi connectivity index (χ1) is 12.5. The molecule has 0 unspecified atom stereocenters. The van der Waals surface area contributed by atoms with Crippen LogP contribution in [0.3, 0.4) is 0 Å². The number of carbonyl (C=O) groups excluding carboxylic acids is 2. The fourth-order valence-electron chi connectivity index (χ4n) is 3.58. The summed E-state index contributed by atoms with van der Waals surface area (Å²) < 4.78 is 24.1. The zero-order valence-electron chi connectivity index (χ0n) is 17.2. The minimum absolute atomic E-state index is 0.00265. The fourth-order valence-corrected chi connectivity index (χ4v) is 3.58. The number of rotatable bonds is 8. The van der Waals surface area contributed by atoms with Crippen LogP contribution < -0.4 is 0 Å². The summed E-state index contributed by atoms with van der Waals surface area (Å²) in [6, 6.07) is 0. The first kappa shape index (κ1) is 22.0. The standard InChI is InChI=1S/C21H32O6/c1-11(12(2)16(6)22)9-24-20-15(5)18-10-25-19(26-21(18,8)27-20)14(4)13(3)17(7)23/h11,14-15,18-20H,2-3,9-10H2,1,4-8H3/t11-,14+,15+,18+,19-,20-,21-/m0/s1. The lowest BCUT2D eigenvalue weighted by molar-refractivity contribution is -0.366. The van der Waals surface area contributed by atoms with Gasteiger partial charge in [-0.2, -0.15) is 0 Å². The van der Waals surface area contributed by atoms with E-state index >= 15 is 0 Å². The average Bonchev–Trinajstić information content (AvgIpc) is 2.87. The summed E-state index contributed by atoms with van der Waals surface area (Å²) in [6.45, 7) is 19.1. The summed E-state index contributed by atoms with van der Waals surface area (Å²) in [7, 11) is 0. The molecule has 2 aliphatic rings. The molecule has 0 amide bonds. The van der Waals surface area contributed by atoms with Gasteiger partial charge in [0.25, 0.3) is 0 Å². The van der Waals surface area contributed by atoms with Crippen molar-refractivity contribution in [2.75, 3.05) is 13.2 Å². The van der Waals surface area contributed by atoms with Gasteiger partial charge in [0.15, 0.2) is 29.9 Å². The number of hydrogen-bond acceptors (Lipinski definition) is 6. The Kier molecular flexibility index (Phi) is 6.79. The molecule has 0 saturated carbocycles. The molecule has 2 aliphatic heterocycles. The van der Waals surface area contributed by atoms with Gasteiger partial charge in [-0.25, -0.2) is 0 Å². The van der Waals surface area contributed by atoms with Gasteiger partial charge in [0, 0.05) is 23.7 Å². The Bertz CT molecular complexity index is 626. The molecule has 152 valence electrons. The monoisotopic (exact) mass is 380 g/mol. The Balaban J connectivity index is 2.01. The molecule has 0 bridgehead atoms. The van der Waals surface area contributed by atoms with E-state index in [1.807, 2.05) is 27.7 Å². The highest BCUT2D eigenvalue weighted by Gasteiger charge is 2.56. The van der Waals surface area contributed by atoms with Crippen molar-refractivity contribution in [3.63, 3.8) is 0 Å². The Morgan fingerprint density at radius 3 is 2.30 bits per heavy atom. The van der Waals surface area contributed by atoms with Crippen LogP contribution in [0.15, 0.2) is 24.3 Å². The summed E-state index contributed by atoms with van der Waals surface area (Å²) in [5.74, 6) is -1.27. The zero-order chi connectivity index (χ0) is 20.5. The summed E-state index contributed by atoms with van der Waals surface area (Å²) in [6.07, 6.45) is -1.05. The molecule has 7 atom stereocenters. The Hall–Kier alpha value is -1.34. The van der Waals surface area contributed by atoms with Gasteiger partial charge < -0.3 is 18.9 Å². The smallest absolute Gasteiger partial charge is 0.177 e. The topological polar surface area (TPSA) is 71.1 Å². The largest absolute Gasteiger partial charge is 0.352 e. The number of Topliss-reactive ketones (excluding diaryl/α,β-unsaturated/α-hetero) is 2. The molecule has 6 heteroatoms. The van der Waals surface area contributed by atoms with Crippen LogP contribution in [0.2, 0.25) is 0 Å². The molecule has 2 saturated heterocycles. The van der Waals surface area contributed by atoms with Crippen LogP contribution in [-0.4, -0.2) is 43.1 Å². The third-order valence-electron chi connectivity index (χ3n) is 5.85. The van der Waals surface area contributed by atoms with Crippen LogP contribution in [0.5, 0.6) is 0 Å². The summed E-state index contributed by atoms with van der Waals surface area (Å²) >= 11 is 0. The lowest BCUT2D eigenvalue weighted by Gasteiger charge is -2.42. The van der Waals surface area contributed by atoms with Crippen LogP contribution in [0.4, 0.5) is 0 Å². The van der Waals surface area contributed by atoms with Crippen LogP contribution in [-0.2, 0) is 28.5 Å². The fraction of sp³-hybridized carbons (Fsp3) is 0.714. The van der Waals surface area contributed by atoms with E-state index in [1.54, 1.807) is 0 Å². The van der Waals surface area contributed by atoms with Crippen LogP contribution in [0.1, 0.15) is 41.5 Å². The maximum absolute atomic E-state index is 11.6. The van der Waals surface area contributed by atoms with E-state index in [-0.39, 0.29) is 35.2 Å². The summed E-state index contributed by atoms with van der Waals surface area (Å²) in [4.78, 5) is 23.0. The Labute approximate surface area is 161 Å². The number of ether oxygens (including phenoxy) is 4. The quantitative estimate of drug-likeness (QED) is 0.602. The predicted octanol–water partition coefficient (Wildman–Crippen LogP) is 3.26. The van der Waals surface area contributed by atoms with E-state index in [2.05, 4.69) is 13.2 Å². The van der Waals surface area contributed by atoms with E-state index in [0.717, 1.165) is 0 Å². The molecule has 0 aromatic rings. The van der Waals surface area contributed by atoms with E-state index < -0.39 is 18.4 Å². The molecule has 0 radical (unpaired) electrons. The molecule has 0 N–H and O–H groups in total. The molecule has 0 aromatic heterocycles. The highest BCUT2D eigenvalue weighted by atomic mass is 16.8. The van der Waals surface area contributed by atoms with Gasteiger partial charge >= 0.3 is 0 Å². The molecule has 6 nitrogen and oxygen atoms in total. The van der Waals surface area contributed by atoms with Crippen LogP contribution >= 0.6 is 0 Å². The summed E-state index contributed by atoms with van der Waals surface area (Å²) in [5, 5.41) is 0. The molecule has 0 spiro atoms. The SMILES string of the molecule is C=C(C(C)=O)[C@@H](C)[C@H]1OC[C@@H]2[C@@H](C)[C@@H](OC[C@H](C)C(=C)C(C)=O)O[C@]2(C)O1. The molecule has 0 aromatic carbocycles. The zero-order valence-corrected chi connectivity index (χ0v) is 17.2. The third-order valence-corrected chi connectivity index (χ3v) is 5.85. The molecule has 2 fully saturated rings. The first-order valence-corrected chi connectivity index (χ1v) is 9.46. The maximum atomic E-state index is 11.6. The Morgan fingerprint density at radius 1 is 1.15 bits per heavy atom. The van der Waals surface area contributed by atoms with Gasteiger partial charge in [-0.3, -0.25) is 9.59 Å². The van der Waals surface area contributed by atoms with Gasteiger partial charge in [0.1, 0.15) is 0 Å². The second-order valence-electron chi connectivity index (χ2n) is 7.97. The molecular weight excluding hydrogens is 348 g/mol. The first-order valence-electron chi connectivity index (χ1n) is 9.46. The molecule has 0 aliphatic carbocycles. The minimum Gasteiger partial charge on any atom is -0.352 e. The molecule has 27 heavy (non-hydrogen) atoms. The van der Waals surface area contributed by atoms with Crippen molar-refractivity contribution in [3.05, 3.63) is 24.3 Å². The van der Waals surface area contributed by atoms with Gasteiger partial charge in [-0.1, -0.05) is 33.9 Å². The van der Waals surface area contributed by atoms with Gasteiger partial charge in [-0.15, -0.1) is 0 Å². The number of ketones is 2. The second kappa shape index (κ2) is 8.35.